The van der Waals surface area contributed by atoms with Gasteiger partial charge in [0.15, 0.2) is 0 Å². The van der Waals surface area contributed by atoms with Gasteiger partial charge in [0, 0.05) is 32.0 Å². The second-order valence-corrected chi connectivity index (χ2v) is 6.26. The van der Waals surface area contributed by atoms with Crippen LogP contribution in [0.3, 0.4) is 0 Å². The first-order valence-electron chi connectivity index (χ1n) is 7.18. The summed E-state index contributed by atoms with van der Waals surface area (Å²) in [7, 11) is 0. The number of hydrogen-bond acceptors (Lipinski definition) is 4. The van der Waals surface area contributed by atoms with Crippen LogP contribution in [0.15, 0.2) is 17.5 Å². The Hall–Kier alpha value is -1.69. The van der Waals surface area contributed by atoms with Gasteiger partial charge in [0.25, 0.3) is 5.91 Å². The quantitative estimate of drug-likeness (QED) is 0.902. The summed E-state index contributed by atoms with van der Waals surface area (Å²) in [5, 5.41) is 4.84. The van der Waals surface area contributed by atoms with E-state index in [2.05, 4.69) is 5.32 Å². The average molecular weight is 308 g/mol. The van der Waals surface area contributed by atoms with Crippen LogP contribution in [-0.4, -0.2) is 41.6 Å². The highest BCUT2D eigenvalue weighted by atomic mass is 32.1. The zero-order valence-corrected chi connectivity index (χ0v) is 12.9. The van der Waals surface area contributed by atoms with Crippen LogP contribution < -0.4 is 5.32 Å². The maximum absolute atomic E-state index is 12.2. The fourth-order valence-electron chi connectivity index (χ4n) is 2.37. The number of nitrogens with one attached hydrogen (secondary N) is 1. The Morgan fingerprint density at radius 3 is 2.57 bits per heavy atom. The van der Waals surface area contributed by atoms with Gasteiger partial charge in [-0.3, -0.25) is 9.59 Å². The molecule has 1 aliphatic rings. The van der Waals surface area contributed by atoms with Gasteiger partial charge in [-0.15, -0.1) is 11.3 Å². The molecule has 0 aliphatic carbocycles. The minimum absolute atomic E-state index is 0.0292. The molecule has 0 spiro atoms. The number of rotatable bonds is 5. The van der Waals surface area contributed by atoms with Crippen LogP contribution in [0.4, 0.5) is 0 Å². The van der Waals surface area contributed by atoms with Crippen LogP contribution in [0.25, 0.3) is 0 Å². The number of carbonyl (C=O) groups excluding carboxylic acids is 3. The second-order valence-electron chi connectivity index (χ2n) is 5.31. The van der Waals surface area contributed by atoms with Gasteiger partial charge < -0.3 is 15.0 Å². The lowest BCUT2D eigenvalue weighted by molar-refractivity contribution is -0.125. The maximum atomic E-state index is 12.2. The molecule has 0 unspecified atom stereocenters. The van der Waals surface area contributed by atoms with Crippen molar-refractivity contribution in [1.82, 2.24) is 10.2 Å². The number of likely N-dealkylation sites (tertiary alicyclic amines) is 1. The predicted molar refractivity (Wildman–Crippen MR) is 81.3 cm³/mol. The Bertz CT molecular complexity index is 505. The first kappa shape index (κ1) is 15.7. The van der Waals surface area contributed by atoms with Crippen LogP contribution in [0, 0.1) is 0 Å². The smallest absolute Gasteiger partial charge is 0.263 e. The van der Waals surface area contributed by atoms with Crippen LogP contribution in [0.1, 0.15) is 42.3 Å². The lowest BCUT2D eigenvalue weighted by atomic mass is 10.0. The molecule has 1 fully saturated rings. The molecule has 1 aromatic heterocycles. The highest BCUT2D eigenvalue weighted by Gasteiger charge is 2.24. The van der Waals surface area contributed by atoms with Crippen molar-refractivity contribution < 1.29 is 14.4 Å². The normalized spacial score (nSPS) is 15.8. The molecule has 0 radical (unpaired) electrons. The second kappa shape index (κ2) is 7.36. The van der Waals surface area contributed by atoms with Crippen molar-refractivity contribution in [3.05, 3.63) is 22.4 Å². The summed E-state index contributed by atoms with van der Waals surface area (Å²) in [5.41, 5.74) is 0. The van der Waals surface area contributed by atoms with Gasteiger partial charge in [0.1, 0.15) is 5.78 Å². The number of Topliss-reactive ketones (excluding diaryl/α,β-unsaturated/α-hetero) is 1. The van der Waals surface area contributed by atoms with Crippen molar-refractivity contribution in [2.75, 3.05) is 13.1 Å². The minimum atomic E-state index is -0.0757. The predicted octanol–water partition coefficient (Wildman–Crippen LogP) is 1.84. The van der Waals surface area contributed by atoms with Gasteiger partial charge in [0.05, 0.1) is 4.88 Å². The topological polar surface area (TPSA) is 66.5 Å². The fourth-order valence-corrected chi connectivity index (χ4v) is 3.06. The number of thiophene rings is 1. The molecule has 5 nitrogen and oxygen atoms in total. The molecule has 2 amide bonds. The van der Waals surface area contributed by atoms with E-state index in [1.165, 1.54) is 18.3 Å². The summed E-state index contributed by atoms with van der Waals surface area (Å²) in [5.74, 6) is 0.0288. The Morgan fingerprint density at radius 2 is 2.00 bits per heavy atom. The van der Waals surface area contributed by atoms with Gasteiger partial charge in [-0.1, -0.05) is 6.07 Å². The van der Waals surface area contributed by atoms with Crippen LogP contribution in [0.2, 0.25) is 0 Å². The number of piperidine rings is 1. The van der Waals surface area contributed by atoms with Crippen molar-refractivity contribution in [3.8, 4) is 0 Å². The largest absolute Gasteiger partial charge is 0.353 e. The first-order chi connectivity index (χ1) is 10.1. The first-order valence-corrected chi connectivity index (χ1v) is 8.06. The van der Waals surface area contributed by atoms with Gasteiger partial charge in [0.2, 0.25) is 5.91 Å². The van der Waals surface area contributed by atoms with E-state index >= 15 is 0 Å². The zero-order chi connectivity index (χ0) is 15.2. The third-order valence-electron chi connectivity index (χ3n) is 3.58. The molecule has 0 bridgehead atoms. The SMILES string of the molecule is CC(=O)CCC(=O)NC1CCN(C(=O)c2cccs2)CC1. The third kappa shape index (κ3) is 4.67. The summed E-state index contributed by atoms with van der Waals surface area (Å²) in [6, 6.07) is 3.82. The summed E-state index contributed by atoms with van der Waals surface area (Å²) >= 11 is 1.45. The van der Waals surface area contributed by atoms with Crippen molar-refractivity contribution in [2.45, 2.75) is 38.6 Å². The molecule has 1 N–H and O–H groups in total. The molecule has 1 saturated heterocycles. The van der Waals surface area contributed by atoms with E-state index < -0.39 is 0 Å². The van der Waals surface area contributed by atoms with E-state index in [1.807, 2.05) is 22.4 Å². The average Bonchev–Trinajstić information content (AvgIpc) is 2.99. The van der Waals surface area contributed by atoms with E-state index in [9.17, 15) is 14.4 Å². The molecule has 6 heteroatoms. The molecule has 0 atom stereocenters. The molecule has 2 rings (SSSR count). The van der Waals surface area contributed by atoms with Crippen LogP contribution in [0.5, 0.6) is 0 Å². The van der Waals surface area contributed by atoms with E-state index in [1.54, 1.807) is 0 Å². The van der Waals surface area contributed by atoms with E-state index in [0.29, 0.717) is 19.5 Å². The minimum Gasteiger partial charge on any atom is -0.353 e. The van der Waals surface area contributed by atoms with Crippen LogP contribution >= 0.6 is 11.3 Å². The fraction of sp³-hybridized carbons (Fsp3) is 0.533. The highest BCUT2D eigenvalue weighted by Crippen LogP contribution is 2.17. The van der Waals surface area contributed by atoms with E-state index in [-0.39, 0.29) is 30.1 Å². The van der Waals surface area contributed by atoms with Crippen molar-refractivity contribution in [3.63, 3.8) is 0 Å². The van der Waals surface area contributed by atoms with Crippen molar-refractivity contribution in [1.29, 1.82) is 0 Å². The van der Waals surface area contributed by atoms with Gasteiger partial charge >= 0.3 is 0 Å². The summed E-state index contributed by atoms with van der Waals surface area (Å²) < 4.78 is 0. The van der Waals surface area contributed by atoms with Crippen LogP contribution in [-0.2, 0) is 9.59 Å². The molecular weight excluding hydrogens is 288 g/mol. The van der Waals surface area contributed by atoms with Gasteiger partial charge in [-0.05, 0) is 31.2 Å². The molecule has 0 saturated carbocycles. The van der Waals surface area contributed by atoms with Gasteiger partial charge in [-0.2, -0.15) is 0 Å². The summed E-state index contributed by atoms with van der Waals surface area (Å²) in [4.78, 5) is 37.3. The Labute approximate surface area is 128 Å². The standard InChI is InChI=1S/C15H20N2O3S/c1-11(18)4-5-14(19)16-12-6-8-17(9-7-12)15(20)13-3-2-10-21-13/h2-3,10,12H,4-9H2,1H3,(H,16,19). The number of carbonyl (C=O) groups is 3. The van der Waals surface area contributed by atoms with E-state index in [0.717, 1.165) is 17.7 Å². The Balaban J connectivity index is 1.74. The highest BCUT2D eigenvalue weighted by molar-refractivity contribution is 7.12. The summed E-state index contributed by atoms with van der Waals surface area (Å²) in [6.45, 7) is 2.81. The number of ketones is 1. The molecule has 2 heterocycles. The molecule has 1 aromatic rings. The zero-order valence-electron chi connectivity index (χ0n) is 12.1. The van der Waals surface area contributed by atoms with Crippen molar-refractivity contribution >= 4 is 28.9 Å². The monoisotopic (exact) mass is 308 g/mol. The number of amides is 2. The van der Waals surface area contributed by atoms with E-state index in [4.69, 9.17) is 0 Å². The molecule has 21 heavy (non-hydrogen) atoms. The maximum Gasteiger partial charge on any atom is 0.263 e. The number of nitrogens with zero attached hydrogens (tertiary/aromatic N) is 1. The Morgan fingerprint density at radius 1 is 1.29 bits per heavy atom. The lowest BCUT2D eigenvalue weighted by Gasteiger charge is -2.32. The van der Waals surface area contributed by atoms with Gasteiger partial charge in [-0.25, -0.2) is 0 Å². The molecule has 0 aromatic carbocycles. The molecular formula is C15H20N2O3S. The lowest BCUT2D eigenvalue weighted by Crippen LogP contribution is -2.46. The molecule has 114 valence electrons. The number of hydrogen-bond donors (Lipinski definition) is 1. The molecule has 1 aliphatic heterocycles. The third-order valence-corrected chi connectivity index (χ3v) is 4.44. The Kier molecular flexibility index (Phi) is 5.50. The summed E-state index contributed by atoms with van der Waals surface area (Å²) in [6.07, 6.45) is 2.08. The van der Waals surface area contributed by atoms with Crippen molar-refractivity contribution in [2.24, 2.45) is 0 Å².